The van der Waals surface area contributed by atoms with E-state index in [2.05, 4.69) is 26.1 Å². The monoisotopic (exact) mass is 350 g/mol. The first-order valence-corrected chi connectivity index (χ1v) is 8.57. The zero-order valence-electron chi connectivity index (χ0n) is 14.0. The van der Waals surface area contributed by atoms with E-state index in [1.54, 1.807) is 0 Å². The van der Waals surface area contributed by atoms with E-state index in [4.69, 9.17) is 10.8 Å². The molecule has 1 atom stereocenters. The van der Waals surface area contributed by atoms with Crippen molar-refractivity contribution in [3.05, 3.63) is 28.2 Å². The third-order valence-electron chi connectivity index (χ3n) is 4.35. The molecule has 2 rings (SSSR count). The molecule has 4 N–H and O–H groups in total. The van der Waals surface area contributed by atoms with Crippen molar-refractivity contribution in [3.8, 4) is 0 Å². The third-order valence-corrected chi connectivity index (χ3v) is 5.52. The van der Waals surface area contributed by atoms with Crippen LogP contribution in [0.25, 0.3) is 0 Å². The van der Waals surface area contributed by atoms with Gasteiger partial charge in [0.2, 0.25) is 5.91 Å². The Morgan fingerprint density at radius 2 is 1.96 bits per heavy atom. The average Bonchev–Trinajstić information content (AvgIpc) is 2.80. The van der Waals surface area contributed by atoms with Crippen LogP contribution in [0.2, 0.25) is 0 Å². The quantitative estimate of drug-likeness (QED) is 0.725. The van der Waals surface area contributed by atoms with Crippen LogP contribution >= 0.6 is 11.3 Å². The van der Waals surface area contributed by atoms with Gasteiger partial charge < -0.3 is 16.2 Å². The van der Waals surface area contributed by atoms with E-state index in [-0.39, 0.29) is 5.41 Å². The van der Waals surface area contributed by atoms with E-state index < -0.39 is 17.8 Å². The lowest BCUT2D eigenvalue weighted by molar-refractivity contribution is -0.131. The third kappa shape index (κ3) is 4.03. The average molecular weight is 350 g/mol. The maximum Gasteiger partial charge on any atom is 0.328 e. The fourth-order valence-electron chi connectivity index (χ4n) is 2.97. The molecule has 0 bridgehead atoms. The number of nitrogens with two attached hydrogens (primary N) is 1. The maximum absolute atomic E-state index is 11.8. The number of thiophene rings is 1. The van der Waals surface area contributed by atoms with Gasteiger partial charge in [-0.25, -0.2) is 4.79 Å². The lowest BCUT2D eigenvalue weighted by Gasteiger charge is -2.33. The minimum atomic E-state index is -1.21. The molecule has 7 heteroatoms. The molecule has 1 heterocycles. The Hall–Kier alpha value is -2.15. The van der Waals surface area contributed by atoms with Gasteiger partial charge in [-0.2, -0.15) is 0 Å². The molecule has 130 valence electrons. The number of aliphatic carboxylic acids is 1. The standard InChI is InChI=1S/C17H22N2O4S/c1-17(2,3)9-4-5-10-11(8-9)24-16(14(10)15(18)23)19-12(20)6-7-13(21)22/h6-7,9H,4-5,8H2,1-3H3,(H2,18,23)(H,19,20)(H,21,22)/t9-/m1/s1. The molecular weight excluding hydrogens is 328 g/mol. The lowest BCUT2D eigenvalue weighted by Crippen LogP contribution is -2.27. The van der Waals surface area contributed by atoms with Crippen molar-refractivity contribution in [2.45, 2.75) is 40.0 Å². The van der Waals surface area contributed by atoms with Crippen LogP contribution < -0.4 is 11.1 Å². The largest absolute Gasteiger partial charge is 0.478 e. The number of carboxylic acid groups (broad SMARTS) is 1. The minimum Gasteiger partial charge on any atom is -0.478 e. The zero-order chi connectivity index (χ0) is 18.1. The minimum absolute atomic E-state index is 0.169. The van der Waals surface area contributed by atoms with Crippen LogP contribution in [-0.2, 0) is 22.4 Å². The van der Waals surface area contributed by atoms with Crippen molar-refractivity contribution in [3.63, 3.8) is 0 Å². The lowest BCUT2D eigenvalue weighted by atomic mass is 9.72. The molecule has 0 spiro atoms. The summed E-state index contributed by atoms with van der Waals surface area (Å²) in [6.45, 7) is 6.60. The molecule has 6 nitrogen and oxygen atoms in total. The molecule has 0 saturated heterocycles. The highest BCUT2D eigenvalue weighted by molar-refractivity contribution is 7.17. The summed E-state index contributed by atoms with van der Waals surface area (Å²) in [5.41, 5.74) is 6.96. The molecule has 1 aliphatic rings. The van der Waals surface area contributed by atoms with Gasteiger partial charge in [-0.15, -0.1) is 11.3 Å². The Labute approximate surface area is 144 Å². The molecule has 0 unspecified atom stereocenters. The van der Waals surface area contributed by atoms with Crippen LogP contribution in [0, 0.1) is 11.3 Å². The first-order valence-electron chi connectivity index (χ1n) is 7.76. The van der Waals surface area contributed by atoms with Crippen LogP contribution in [-0.4, -0.2) is 22.9 Å². The highest BCUT2D eigenvalue weighted by atomic mass is 32.1. The first-order chi connectivity index (χ1) is 11.1. The van der Waals surface area contributed by atoms with E-state index in [1.165, 1.54) is 11.3 Å². The van der Waals surface area contributed by atoms with Gasteiger partial charge in [0.15, 0.2) is 0 Å². The number of amides is 2. The van der Waals surface area contributed by atoms with E-state index in [1.807, 2.05) is 0 Å². The van der Waals surface area contributed by atoms with Crippen molar-refractivity contribution in [1.82, 2.24) is 0 Å². The van der Waals surface area contributed by atoms with Crippen molar-refractivity contribution in [1.29, 1.82) is 0 Å². The highest BCUT2D eigenvalue weighted by Gasteiger charge is 2.33. The van der Waals surface area contributed by atoms with Crippen LogP contribution in [0.15, 0.2) is 12.2 Å². The summed E-state index contributed by atoms with van der Waals surface area (Å²) in [6, 6.07) is 0. The number of hydrogen-bond donors (Lipinski definition) is 3. The molecule has 0 aromatic carbocycles. The Morgan fingerprint density at radius 3 is 2.50 bits per heavy atom. The Kier molecular flexibility index (Phi) is 5.13. The smallest absolute Gasteiger partial charge is 0.328 e. The Morgan fingerprint density at radius 1 is 1.29 bits per heavy atom. The van der Waals surface area contributed by atoms with E-state index in [0.29, 0.717) is 16.5 Å². The summed E-state index contributed by atoms with van der Waals surface area (Å²) in [4.78, 5) is 35.2. The fourth-order valence-corrected chi connectivity index (χ4v) is 4.31. The molecular formula is C17H22N2O4S. The topological polar surface area (TPSA) is 109 Å². The summed E-state index contributed by atoms with van der Waals surface area (Å²) in [5.74, 6) is -1.87. The zero-order valence-corrected chi connectivity index (χ0v) is 14.8. The second-order valence-electron chi connectivity index (χ2n) is 7.04. The predicted octanol–water partition coefficient (Wildman–Crippen LogP) is 2.58. The molecule has 1 aliphatic carbocycles. The predicted molar refractivity (Wildman–Crippen MR) is 93.2 cm³/mol. The molecule has 1 aromatic heterocycles. The molecule has 0 fully saturated rings. The number of carbonyl (C=O) groups is 3. The van der Waals surface area contributed by atoms with Gasteiger partial charge in [0, 0.05) is 17.0 Å². The molecule has 24 heavy (non-hydrogen) atoms. The van der Waals surface area contributed by atoms with Gasteiger partial charge >= 0.3 is 5.97 Å². The van der Waals surface area contributed by atoms with E-state index in [9.17, 15) is 14.4 Å². The van der Waals surface area contributed by atoms with Crippen molar-refractivity contribution in [2.24, 2.45) is 17.1 Å². The van der Waals surface area contributed by atoms with Gasteiger partial charge in [0.1, 0.15) is 5.00 Å². The molecule has 0 saturated carbocycles. The number of carbonyl (C=O) groups excluding carboxylic acids is 2. The van der Waals surface area contributed by atoms with Crippen LogP contribution in [0.4, 0.5) is 5.00 Å². The van der Waals surface area contributed by atoms with Gasteiger partial charge in [-0.1, -0.05) is 20.8 Å². The van der Waals surface area contributed by atoms with Gasteiger partial charge in [-0.3, -0.25) is 9.59 Å². The fraction of sp³-hybridized carbons (Fsp3) is 0.471. The van der Waals surface area contributed by atoms with Crippen molar-refractivity contribution >= 4 is 34.1 Å². The molecule has 2 amide bonds. The number of rotatable bonds is 4. The summed E-state index contributed by atoms with van der Waals surface area (Å²) < 4.78 is 0. The second-order valence-corrected chi connectivity index (χ2v) is 8.14. The maximum atomic E-state index is 11.8. The normalized spacial score (nSPS) is 17.5. The number of nitrogens with one attached hydrogen (secondary N) is 1. The number of anilines is 1. The van der Waals surface area contributed by atoms with Crippen LogP contribution in [0.3, 0.4) is 0 Å². The summed E-state index contributed by atoms with van der Waals surface area (Å²) in [6.07, 6.45) is 4.25. The van der Waals surface area contributed by atoms with Crippen molar-refractivity contribution in [2.75, 3.05) is 5.32 Å². The van der Waals surface area contributed by atoms with Crippen molar-refractivity contribution < 1.29 is 19.5 Å². The van der Waals surface area contributed by atoms with Gasteiger partial charge in [0.05, 0.1) is 5.56 Å². The molecule has 1 aromatic rings. The molecule has 0 aliphatic heterocycles. The van der Waals surface area contributed by atoms with Gasteiger partial charge in [0.25, 0.3) is 5.91 Å². The summed E-state index contributed by atoms with van der Waals surface area (Å²) >= 11 is 1.36. The Bertz CT molecular complexity index is 713. The first kappa shape index (κ1) is 18.2. The molecule has 0 radical (unpaired) electrons. The highest BCUT2D eigenvalue weighted by Crippen LogP contribution is 2.44. The number of hydrogen-bond acceptors (Lipinski definition) is 4. The summed E-state index contributed by atoms with van der Waals surface area (Å²) in [5, 5.41) is 11.6. The number of carboxylic acids is 1. The SMILES string of the molecule is CC(C)(C)[C@@H]1CCc2c(sc(NC(=O)C=CC(=O)O)c2C(N)=O)C1. The second kappa shape index (κ2) is 6.76. The van der Waals surface area contributed by atoms with Gasteiger partial charge in [-0.05, 0) is 36.2 Å². The number of primary amides is 1. The van der Waals surface area contributed by atoms with Crippen LogP contribution in [0.1, 0.15) is 48.0 Å². The van der Waals surface area contributed by atoms with E-state index >= 15 is 0 Å². The Balaban J connectivity index is 2.31. The van der Waals surface area contributed by atoms with E-state index in [0.717, 1.165) is 41.9 Å². The number of fused-ring (bicyclic) bond motifs is 1. The summed E-state index contributed by atoms with van der Waals surface area (Å²) in [7, 11) is 0. The van der Waals surface area contributed by atoms with Crippen LogP contribution in [0.5, 0.6) is 0 Å².